The zero-order chi connectivity index (χ0) is 16.3. The number of epoxide rings is 1. The van der Waals surface area contributed by atoms with E-state index in [1.54, 1.807) is 6.92 Å². The van der Waals surface area contributed by atoms with Crippen molar-refractivity contribution in [1.82, 2.24) is 0 Å². The first-order valence-corrected chi connectivity index (χ1v) is 6.08. The molecule has 0 aliphatic carbocycles. The van der Waals surface area contributed by atoms with Gasteiger partial charge < -0.3 is 19.3 Å². The maximum absolute atomic E-state index is 10.8. The van der Waals surface area contributed by atoms with Crippen LogP contribution in [0.4, 0.5) is 0 Å². The molecular weight excluding hydrogens is 280 g/mol. The van der Waals surface area contributed by atoms with Crippen molar-refractivity contribution < 1.29 is 33.7 Å². The minimum atomic E-state index is -1.12. The lowest BCUT2D eigenvalue weighted by Crippen LogP contribution is -2.06. The number of carboxylic acids is 1. The van der Waals surface area contributed by atoms with Crippen molar-refractivity contribution >= 4 is 17.9 Å². The molecule has 0 amide bonds. The summed E-state index contributed by atoms with van der Waals surface area (Å²) in [7, 11) is 0. The molecule has 21 heavy (non-hydrogen) atoms. The Balaban J connectivity index is 0.000000394. The molecule has 1 aliphatic heterocycles. The minimum absolute atomic E-state index is 0.0271. The summed E-state index contributed by atoms with van der Waals surface area (Å²) in [4.78, 5) is 31.1. The molecule has 1 rings (SSSR count). The lowest BCUT2D eigenvalue weighted by atomic mass is 10.3. The number of aliphatic carboxylic acids is 1. The van der Waals surface area contributed by atoms with E-state index >= 15 is 0 Å². The third kappa shape index (κ3) is 11.1. The van der Waals surface area contributed by atoms with Gasteiger partial charge in [-0.25, -0.2) is 14.4 Å². The Hall–Kier alpha value is -2.41. The number of ether oxygens (including phenoxy) is 3. The van der Waals surface area contributed by atoms with Gasteiger partial charge in [-0.05, 0) is 13.0 Å². The number of hydrogen-bond donors (Lipinski definition) is 1. The van der Waals surface area contributed by atoms with E-state index in [1.807, 2.05) is 0 Å². The zero-order valence-electron chi connectivity index (χ0n) is 11.7. The van der Waals surface area contributed by atoms with E-state index in [9.17, 15) is 14.4 Å². The van der Waals surface area contributed by atoms with Gasteiger partial charge in [0.25, 0.3) is 0 Å². The van der Waals surface area contributed by atoms with Crippen LogP contribution in [0.3, 0.4) is 0 Å². The summed E-state index contributed by atoms with van der Waals surface area (Å²) >= 11 is 0. The van der Waals surface area contributed by atoms with Crippen LogP contribution in [0.2, 0.25) is 0 Å². The topological polar surface area (TPSA) is 102 Å². The van der Waals surface area contributed by atoms with Crippen molar-refractivity contribution in [2.45, 2.75) is 13.0 Å². The lowest BCUT2D eigenvalue weighted by Gasteiger charge is -1.98. The summed E-state index contributed by atoms with van der Waals surface area (Å²) < 4.78 is 14.0. The van der Waals surface area contributed by atoms with Gasteiger partial charge in [0.2, 0.25) is 0 Å². The fourth-order valence-electron chi connectivity index (χ4n) is 0.862. The molecule has 1 N–H and O–H groups in total. The van der Waals surface area contributed by atoms with Crippen LogP contribution in [0.1, 0.15) is 6.92 Å². The predicted molar refractivity (Wildman–Crippen MR) is 73.4 cm³/mol. The van der Waals surface area contributed by atoms with E-state index in [1.165, 1.54) is 0 Å². The smallest absolute Gasteiger partial charge is 0.337 e. The molecule has 0 bridgehead atoms. The quantitative estimate of drug-likeness (QED) is 0.322. The summed E-state index contributed by atoms with van der Waals surface area (Å²) in [6.07, 6.45) is 3.22. The molecule has 1 atom stereocenters. The number of rotatable bonds is 7. The third-order valence-electron chi connectivity index (χ3n) is 1.95. The average Bonchev–Trinajstić information content (AvgIpc) is 3.27. The van der Waals surface area contributed by atoms with Gasteiger partial charge in [0.05, 0.1) is 18.8 Å². The third-order valence-corrected chi connectivity index (χ3v) is 1.95. The fraction of sp³-hybridized carbons (Fsp3) is 0.357. The van der Waals surface area contributed by atoms with E-state index in [-0.39, 0.29) is 24.3 Å². The van der Waals surface area contributed by atoms with Crippen molar-refractivity contribution in [3.8, 4) is 0 Å². The number of carboxylic acid groups (broad SMARTS) is 1. The predicted octanol–water partition coefficient (Wildman–Crippen LogP) is 0.861. The van der Waals surface area contributed by atoms with Gasteiger partial charge in [0.1, 0.15) is 12.7 Å². The molecule has 1 unspecified atom stereocenters. The second-order valence-corrected chi connectivity index (χ2v) is 3.71. The van der Waals surface area contributed by atoms with Gasteiger partial charge in [-0.15, -0.1) is 0 Å². The summed E-state index contributed by atoms with van der Waals surface area (Å²) in [5.74, 6) is -2.11. The van der Waals surface area contributed by atoms with Crippen LogP contribution in [-0.2, 0) is 28.6 Å². The van der Waals surface area contributed by atoms with Crippen LogP contribution in [0.15, 0.2) is 37.0 Å². The van der Waals surface area contributed by atoms with Crippen molar-refractivity contribution in [2.24, 2.45) is 0 Å². The second-order valence-electron chi connectivity index (χ2n) is 3.71. The largest absolute Gasteiger partial charge is 0.478 e. The van der Waals surface area contributed by atoms with E-state index in [0.29, 0.717) is 13.2 Å². The molecule has 0 aromatic heterocycles. The lowest BCUT2D eigenvalue weighted by molar-refractivity contribution is -0.139. The van der Waals surface area contributed by atoms with Crippen LogP contribution in [0.25, 0.3) is 0 Å². The van der Waals surface area contributed by atoms with Gasteiger partial charge in [-0.2, -0.15) is 0 Å². The molecule has 0 radical (unpaired) electrons. The summed E-state index contributed by atoms with van der Waals surface area (Å²) in [6, 6.07) is 0. The highest BCUT2D eigenvalue weighted by atomic mass is 16.6. The monoisotopic (exact) mass is 298 g/mol. The number of carbonyl (C=O) groups excluding carboxylic acids is 2. The molecule has 116 valence electrons. The van der Waals surface area contributed by atoms with Gasteiger partial charge in [-0.3, -0.25) is 0 Å². The Morgan fingerprint density at radius 1 is 1.33 bits per heavy atom. The molecule has 7 heteroatoms. The highest BCUT2D eigenvalue weighted by Crippen LogP contribution is 2.08. The molecule has 0 aromatic carbocycles. The summed E-state index contributed by atoms with van der Waals surface area (Å²) in [5.41, 5.74) is 0.0271. The SMILES string of the molecule is C=C(C=CC(=O)O)C(=O)OCC.C=CC(=O)OCC1CO1. The molecule has 0 spiro atoms. The molecule has 1 aliphatic rings. The zero-order valence-corrected chi connectivity index (χ0v) is 11.7. The molecule has 1 fully saturated rings. The van der Waals surface area contributed by atoms with E-state index in [2.05, 4.69) is 22.6 Å². The van der Waals surface area contributed by atoms with Crippen LogP contribution in [-0.4, -0.2) is 48.9 Å². The normalized spacial score (nSPS) is 15.4. The van der Waals surface area contributed by atoms with Gasteiger partial charge in [0, 0.05) is 12.2 Å². The van der Waals surface area contributed by atoms with Gasteiger partial charge >= 0.3 is 17.9 Å². The Morgan fingerprint density at radius 2 is 1.95 bits per heavy atom. The first-order chi connectivity index (χ1) is 9.90. The Labute approximate surface area is 122 Å². The van der Waals surface area contributed by atoms with E-state index < -0.39 is 11.9 Å². The standard InChI is InChI=1S/C8H10O4.C6H8O3/c1-3-12-8(11)6(2)4-5-7(9)10;1-2-6(7)9-4-5-3-8-5/h4-5H,2-3H2,1H3,(H,9,10);2,5H,1,3-4H2. The second kappa shape index (κ2) is 10.4. The van der Waals surface area contributed by atoms with Crippen LogP contribution in [0.5, 0.6) is 0 Å². The van der Waals surface area contributed by atoms with Crippen molar-refractivity contribution in [3.63, 3.8) is 0 Å². The van der Waals surface area contributed by atoms with Gasteiger partial charge in [0.15, 0.2) is 0 Å². The Kier molecular flexibility index (Phi) is 9.19. The van der Waals surface area contributed by atoms with Crippen molar-refractivity contribution in [3.05, 3.63) is 37.0 Å². The molecule has 7 nitrogen and oxygen atoms in total. The maximum Gasteiger partial charge on any atom is 0.337 e. The summed E-state index contributed by atoms with van der Waals surface area (Å²) in [6.45, 7) is 9.55. The van der Waals surface area contributed by atoms with Crippen LogP contribution in [0, 0.1) is 0 Å². The number of esters is 2. The highest BCUT2D eigenvalue weighted by molar-refractivity contribution is 5.93. The average molecular weight is 298 g/mol. The highest BCUT2D eigenvalue weighted by Gasteiger charge is 2.23. The Morgan fingerprint density at radius 3 is 2.38 bits per heavy atom. The molecular formula is C14H18O7. The first kappa shape index (κ1) is 18.6. The summed E-state index contributed by atoms with van der Waals surface area (Å²) in [5, 5.41) is 8.19. The van der Waals surface area contributed by atoms with E-state index in [4.69, 9.17) is 9.84 Å². The Bertz CT molecular complexity index is 433. The van der Waals surface area contributed by atoms with E-state index in [0.717, 1.165) is 18.2 Å². The molecule has 1 heterocycles. The number of hydrogen-bond acceptors (Lipinski definition) is 6. The van der Waals surface area contributed by atoms with Crippen molar-refractivity contribution in [2.75, 3.05) is 19.8 Å². The molecule has 0 saturated carbocycles. The van der Waals surface area contributed by atoms with Gasteiger partial charge in [-0.1, -0.05) is 13.2 Å². The van der Waals surface area contributed by atoms with Crippen molar-refractivity contribution in [1.29, 1.82) is 0 Å². The first-order valence-electron chi connectivity index (χ1n) is 6.08. The number of carbonyl (C=O) groups is 3. The maximum atomic E-state index is 10.8. The molecule has 1 saturated heterocycles. The van der Waals surface area contributed by atoms with Crippen LogP contribution < -0.4 is 0 Å². The van der Waals surface area contributed by atoms with Crippen LogP contribution >= 0.6 is 0 Å². The minimum Gasteiger partial charge on any atom is -0.478 e. The molecule has 0 aromatic rings. The fourth-order valence-corrected chi connectivity index (χ4v) is 0.862.